The number of hydrogen-bond donors (Lipinski definition) is 1. The molecule has 1 aromatic heterocycles. The molecule has 0 unspecified atom stereocenters. The summed E-state index contributed by atoms with van der Waals surface area (Å²) in [6.45, 7) is 1.44. The minimum absolute atomic E-state index is 0.196. The van der Waals surface area contributed by atoms with Crippen molar-refractivity contribution in [1.82, 2.24) is 14.9 Å². The molecule has 0 saturated heterocycles. The maximum absolute atomic E-state index is 12.5. The molecular formula is C19H20N4O2. The summed E-state index contributed by atoms with van der Waals surface area (Å²) < 4.78 is 5.64. The lowest BCUT2D eigenvalue weighted by molar-refractivity contribution is 0.102. The predicted octanol–water partition coefficient (Wildman–Crippen LogP) is 2.82. The molecule has 1 N–H and O–H groups in total. The number of hydrogen-bond acceptors (Lipinski definition) is 5. The van der Waals surface area contributed by atoms with Crippen molar-refractivity contribution in [3.8, 4) is 5.75 Å². The number of benzene rings is 2. The SMILES string of the molecule is CN(C)CCOc1ccc(C(=O)Nc2cccc3nccnc23)cc1. The maximum Gasteiger partial charge on any atom is 0.255 e. The van der Waals surface area contributed by atoms with Gasteiger partial charge in [-0.1, -0.05) is 6.07 Å². The number of para-hydroxylation sites is 1. The van der Waals surface area contributed by atoms with Crippen molar-refractivity contribution in [2.24, 2.45) is 0 Å². The van der Waals surface area contributed by atoms with Crippen LogP contribution in [-0.4, -0.2) is 48.0 Å². The van der Waals surface area contributed by atoms with Crippen LogP contribution in [0.15, 0.2) is 54.9 Å². The predicted molar refractivity (Wildman–Crippen MR) is 98.0 cm³/mol. The van der Waals surface area contributed by atoms with Crippen molar-refractivity contribution >= 4 is 22.6 Å². The average molecular weight is 336 g/mol. The maximum atomic E-state index is 12.5. The molecule has 6 heteroatoms. The zero-order valence-electron chi connectivity index (χ0n) is 14.3. The molecule has 2 aromatic carbocycles. The quantitative estimate of drug-likeness (QED) is 0.750. The Morgan fingerprint density at radius 1 is 1.08 bits per heavy atom. The first kappa shape index (κ1) is 16.9. The molecule has 0 radical (unpaired) electrons. The minimum atomic E-state index is -0.196. The summed E-state index contributed by atoms with van der Waals surface area (Å²) in [5, 5.41) is 2.89. The van der Waals surface area contributed by atoms with E-state index in [1.807, 2.05) is 32.3 Å². The fourth-order valence-electron chi connectivity index (χ4n) is 2.34. The Morgan fingerprint density at radius 2 is 1.84 bits per heavy atom. The smallest absolute Gasteiger partial charge is 0.255 e. The van der Waals surface area contributed by atoms with Gasteiger partial charge in [-0.15, -0.1) is 0 Å². The normalized spacial score (nSPS) is 10.8. The van der Waals surface area contributed by atoms with Gasteiger partial charge in [0.25, 0.3) is 5.91 Å². The van der Waals surface area contributed by atoms with Crippen LogP contribution in [0.3, 0.4) is 0 Å². The number of fused-ring (bicyclic) bond motifs is 1. The minimum Gasteiger partial charge on any atom is -0.492 e. The number of nitrogens with zero attached hydrogens (tertiary/aromatic N) is 3. The number of carbonyl (C=O) groups excluding carboxylic acids is 1. The van der Waals surface area contributed by atoms with Crippen LogP contribution in [0, 0.1) is 0 Å². The highest BCUT2D eigenvalue weighted by molar-refractivity contribution is 6.07. The van der Waals surface area contributed by atoms with Gasteiger partial charge in [0.05, 0.1) is 11.2 Å². The highest BCUT2D eigenvalue weighted by Crippen LogP contribution is 2.20. The lowest BCUT2D eigenvalue weighted by Crippen LogP contribution is -2.19. The van der Waals surface area contributed by atoms with Crippen molar-refractivity contribution in [2.45, 2.75) is 0 Å². The van der Waals surface area contributed by atoms with E-state index in [9.17, 15) is 4.79 Å². The van der Waals surface area contributed by atoms with Crippen molar-refractivity contribution in [2.75, 3.05) is 32.6 Å². The van der Waals surface area contributed by atoms with Crippen LogP contribution in [0.1, 0.15) is 10.4 Å². The van der Waals surface area contributed by atoms with E-state index in [4.69, 9.17) is 4.74 Å². The number of rotatable bonds is 6. The van der Waals surface area contributed by atoms with Gasteiger partial charge < -0.3 is 15.0 Å². The van der Waals surface area contributed by atoms with E-state index in [0.717, 1.165) is 17.8 Å². The van der Waals surface area contributed by atoms with Crippen LogP contribution < -0.4 is 10.1 Å². The zero-order valence-corrected chi connectivity index (χ0v) is 14.3. The van der Waals surface area contributed by atoms with Crippen LogP contribution in [0.4, 0.5) is 5.69 Å². The number of amides is 1. The third kappa shape index (κ3) is 4.30. The molecule has 0 aliphatic heterocycles. The number of likely N-dealkylation sites (N-methyl/N-ethyl adjacent to an activating group) is 1. The Morgan fingerprint density at radius 3 is 2.60 bits per heavy atom. The molecule has 0 aliphatic rings. The molecule has 25 heavy (non-hydrogen) atoms. The van der Waals surface area contributed by atoms with Crippen LogP contribution in [0.2, 0.25) is 0 Å². The topological polar surface area (TPSA) is 67.3 Å². The van der Waals surface area contributed by atoms with Crippen LogP contribution in [0.25, 0.3) is 11.0 Å². The third-order valence-electron chi connectivity index (χ3n) is 3.67. The second-order valence-corrected chi connectivity index (χ2v) is 5.86. The molecule has 3 aromatic rings. The monoisotopic (exact) mass is 336 g/mol. The van der Waals surface area contributed by atoms with Crippen molar-refractivity contribution < 1.29 is 9.53 Å². The van der Waals surface area contributed by atoms with Gasteiger partial charge >= 0.3 is 0 Å². The number of anilines is 1. The van der Waals surface area contributed by atoms with Crippen LogP contribution in [0.5, 0.6) is 5.75 Å². The Bertz CT molecular complexity index is 857. The number of carbonyl (C=O) groups is 1. The lowest BCUT2D eigenvalue weighted by atomic mass is 10.2. The van der Waals surface area contributed by atoms with Crippen molar-refractivity contribution in [1.29, 1.82) is 0 Å². The lowest BCUT2D eigenvalue weighted by Gasteiger charge is -2.11. The summed E-state index contributed by atoms with van der Waals surface area (Å²) in [5.41, 5.74) is 2.61. The summed E-state index contributed by atoms with van der Waals surface area (Å²) in [4.78, 5) is 23.0. The van der Waals surface area contributed by atoms with E-state index < -0.39 is 0 Å². The standard InChI is InChI=1S/C19H20N4O2/c1-23(2)12-13-25-15-8-6-14(7-9-15)19(24)22-17-5-3-4-16-18(17)21-11-10-20-16/h3-11H,12-13H2,1-2H3,(H,22,24). The van der Waals surface area contributed by atoms with E-state index in [1.54, 1.807) is 36.7 Å². The van der Waals surface area contributed by atoms with E-state index in [1.165, 1.54) is 0 Å². The van der Waals surface area contributed by atoms with E-state index in [2.05, 4.69) is 20.2 Å². The van der Waals surface area contributed by atoms with Gasteiger partial charge in [-0.25, -0.2) is 0 Å². The van der Waals surface area contributed by atoms with E-state index >= 15 is 0 Å². The third-order valence-corrected chi connectivity index (χ3v) is 3.67. The first-order valence-corrected chi connectivity index (χ1v) is 8.02. The molecule has 1 amide bonds. The van der Waals surface area contributed by atoms with Gasteiger partial charge in [0.15, 0.2) is 0 Å². The molecule has 0 atom stereocenters. The highest BCUT2D eigenvalue weighted by Gasteiger charge is 2.09. The van der Waals surface area contributed by atoms with Gasteiger partial charge in [-0.05, 0) is 50.5 Å². The van der Waals surface area contributed by atoms with Crippen LogP contribution in [-0.2, 0) is 0 Å². The molecule has 0 fully saturated rings. The zero-order chi connectivity index (χ0) is 17.6. The molecule has 0 saturated carbocycles. The van der Waals surface area contributed by atoms with Gasteiger partial charge in [0.2, 0.25) is 0 Å². The molecule has 0 spiro atoms. The molecule has 0 aliphatic carbocycles. The molecule has 128 valence electrons. The van der Waals surface area contributed by atoms with Crippen molar-refractivity contribution in [3.63, 3.8) is 0 Å². The molecular weight excluding hydrogens is 316 g/mol. The first-order valence-electron chi connectivity index (χ1n) is 8.02. The summed E-state index contributed by atoms with van der Waals surface area (Å²) in [5.74, 6) is 0.549. The number of aromatic nitrogens is 2. The summed E-state index contributed by atoms with van der Waals surface area (Å²) in [7, 11) is 3.99. The van der Waals surface area contributed by atoms with Gasteiger partial charge in [0, 0.05) is 24.5 Å². The Labute approximate surface area is 146 Å². The molecule has 6 nitrogen and oxygen atoms in total. The van der Waals surface area contributed by atoms with Gasteiger partial charge in [-0.3, -0.25) is 14.8 Å². The van der Waals surface area contributed by atoms with Crippen LogP contribution >= 0.6 is 0 Å². The van der Waals surface area contributed by atoms with E-state index in [0.29, 0.717) is 23.4 Å². The Kier molecular flexibility index (Phi) is 5.20. The highest BCUT2D eigenvalue weighted by atomic mass is 16.5. The fraction of sp³-hybridized carbons (Fsp3) is 0.211. The second-order valence-electron chi connectivity index (χ2n) is 5.86. The summed E-state index contributed by atoms with van der Waals surface area (Å²) in [6, 6.07) is 12.6. The first-order chi connectivity index (χ1) is 12.1. The largest absolute Gasteiger partial charge is 0.492 e. The Hall–Kier alpha value is -2.99. The fourth-order valence-corrected chi connectivity index (χ4v) is 2.34. The van der Waals surface area contributed by atoms with Crippen molar-refractivity contribution in [3.05, 3.63) is 60.4 Å². The Balaban J connectivity index is 1.68. The number of ether oxygens (including phenoxy) is 1. The molecule has 0 bridgehead atoms. The molecule has 3 rings (SSSR count). The summed E-state index contributed by atoms with van der Waals surface area (Å²) >= 11 is 0. The average Bonchev–Trinajstić information content (AvgIpc) is 2.62. The second kappa shape index (κ2) is 7.72. The van der Waals surface area contributed by atoms with Gasteiger partial charge in [-0.2, -0.15) is 0 Å². The van der Waals surface area contributed by atoms with Gasteiger partial charge in [0.1, 0.15) is 17.9 Å². The summed E-state index contributed by atoms with van der Waals surface area (Å²) in [6.07, 6.45) is 3.24. The molecule has 1 heterocycles. The number of nitrogens with one attached hydrogen (secondary N) is 1. The van der Waals surface area contributed by atoms with E-state index in [-0.39, 0.29) is 5.91 Å².